The first-order chi connectivity index (χ1) is 16.6. The summed E-state index contributed by atoms with van der Waals surface area (Å²) >= 11 is 9.94. The third-order valence-electron chi connectivity index (χ3n) is 6.63. The fourth-order valence-corrected chi connectivity index (χ4v) is 5.55. The third-order valence-corrected chi connectivity index (χ3v) is 7.30. The zero-order chi connectivity index (χ0) is 23.5. The molecule has 0 spiro atoms. The van der Waals surface area contributed by atoms with E-state index in [1.807, 2.05) is 23.0 Å². The standard InChI is InChI=1S/C25H28BrClN6O/c26-19-12-18-3-2-17-13-20(27)4-5-21(17)24(23(18)31-14-19)33-11-8-29-22(15-33)25(34)30-6-1-9-32-10-7-28-16-32/h4-5,7,10,12-14,16,22,24,29H,1-3,6,8-9,11,15H2,(H,30,34)/t22?,24-/m1/s1. The summed E-state index contributed by atoms with van der Waals surface area (Å²) in [7, 11) is 0. The van der Waals surface area contributed by atoms with Crippen molar-refractivity contribution in [3.63, 3.8) is 0 Å². The summed E-state index contributed by atoms with van der Waals surface area (Å²) in [5, 5.41) is 7.26. The molecule has 2 aliphatic rings. The maximum absolute atomic E-state index is 13.0. The highest BCUT2D eigenvalue weighted by atomic mass is 79.9. The molecule has 2 atom stereocenters. The van der Waals surface area contributed by atoms with E-state index in [9.17, 15) is 4.79 Å². The molecule has 2 aromatic heterocycles. The highest BCUT2D eigenvalue weighted by Gasteiger charge is 2.35. The Bertz CT molecular complexity index is 1100. The van der Waals surface area contributed by atoms with Crippen molar-refractivity contribution in [3.05, 3.63) is 81.1 Å². The quantitative estimate of drug-likeness (QED) is 0.467. The van der Waals surface area contributed by atoms with Gasteiger partial charge in [-0.25, -0.2) is 4.98 Å². The van der Waals surface area contributed by atoms with E-state index in [1.54, 1.807) is 12.5 Å². The number of aromatic nitrogens is 3. The number of benzene rings is 1. The summed E-state index contributed by atoms with van der Waals surface area (Å²) in [6.45, 7) is 3.69. The van der Waals surface area contributed by atoms with Crippen LogP contribution in [0.15, 0.2) is 53.7 Å². The lowest BCUT2D eigenvalue weighted by Gasteiger charge is -2.39. The Morgan fingerprint density at radius 2 is 2.15 bits per heavy atom. The second kappa shape index (κ2) is 10.6. The summed E-state index contributed by atoms with van der Waals surface area (Å²) in [4.78, 5) is 24.3. The number of halogens is 2. The molecule has 9 heteroatoms. The van der Waals surface area contributed by atoms with Gasteiger partial charge in [0.2, 0.25) is 5.91 Å². The topological polar surface area (TPSA) is 75.1 Å². The molecule has 34 heavy (non-hydrogen) atoms. The molecule has 0 saturated carbocycles. The van der Waals surface area contributed by atoms with E-state index >= 15 is 0 Å². The smallest absolute Gasteiger partial charge is 0.238 e. The maximum Gasteiger partial charge on any atom is 0.238 e. The minimum atomic E-state index is -0.264. The molecule has 1 aliphatic heterocycles. The van der Waals surface area contributed by atoms with E-state index in [-0.39, 0.29) is 18.0 Å². The van der Waals surface area contributed by atoms with Gasteiger partial charge >= 0.3 is 0 Å². The second-order valence-corrected chi connectivity index (χ2v) is 10.2. The first-order valence-corrected chi connectivity index (χ1v) is 12.9. The minimum Gasteiger partial charge on any atom is -0.355 e. The number of nitrogens with zero attached hydrogens (tertiary/aromatic N) is 4. The van der Waals surface area contributed by atoms with Gasteiger partial charge in [0.25, 0.3) is 0 Å². The van der Waals surface area contributed by atoms with Crippen LogP contribution in [0.4, 0.5) is 0 Å². The zero-order valence-corrected chi connectivity index (χ0v) is 21.2. The Morgan fingerprint density at radius 3 is 3.00 bits per heavy atom. The van der Waals surface area contributed by atoms with Crippen molar-refractivity contribution in [2.75, 3.05) is 26.2 Å². The molecule has 3 heterocycles. The van der Waals surface area contributed by atoms with Crippen LogP contribution in [0.25, 0.3) is 0 Å². The number of carbonyl (C=O) groups is 1. The number of hydrogen-bond acceptors (Lipinski definition) is 5. The molecule has 0 radical (unpaired) electrons. The number of fused-ring (bicyclic) bond motifs is 2. The average molecular weight is 544 g/mol. The molecule has 1 saturated heterocycles. The van der Waals surface area contributed by atoms with Crippen LogP contribution in [0.1, 0.15) is 34.8 Å². The first-order valence-electron chi connectivity index (χ1n) is 11.7. The van der Waals surface area contributed by atoms with Gasteiger partial charge in [-0.1, -0.05) is 17.7 Å². The lowest BCUT2D eigenvalue weighted by molar-refractivity contribution is -0.124. The summed E-state index contributed by atoms with van der Waals surface area (Å²) in [5.74, 6) is 0.0456. The predicted molar refractivity (Wildman–Crippen MR) is 136 cm³/mol. The molecule has 178 valence electrons. The van der Waals surface area contributed by atoms with Gasteiger partial charge in [-0.05, 0) is 70.1 Å². The number of aryl methyl sites for hydroxylation is 3. The van der Waals surface area contributed by atoms with Crippen LogP contribution in [0.3, 0.4) is 0 Å². The van der Waals surface area contributed by atoms with Crippen molar-refractivity contribution in [2.24, 2.45) is 0 Å². The van der Waals surface area contributed by atoms with Gasteiger partial charge < -0.3 is 15.2 Å². The number of rotatable bonds is 6. The molecule has 1 unspecified atom stereocenters. The predicted octanol–water partition coefficient (Wildman–Crippen LogP) is 3.36. The van der Waals surface area contributed by atoms with Gasteiger partial charge in [0.1, 0.15) is 0 Å². The Balaban J connectivity index is 1.33. The molecule has 1 amide bonds. The lowest BCUT2D eigenvalue weighted by Crippen LogP contribution is -2.58. The van der Waals surface area contributed by atoms with Gasteiger partial charge in [0, 0.05) is 60.8 Å². The fourth-order valence-electron chi connectivity index (χ4n) is 4.98. The van der Waals surface area contributed by atoms with E-state index < -0.39 is 0 Å². The summed E-state index contributed by atoms with van der Waals surface area (Å²) in [6, 6.07) is 8.09. The normalized spacial score (nSPS) is 20.3. The molecule has 5 rings (SSSR count). The summed E-state index contributed by atoms with van der Waals surface area (Å²) in [6.07, 6.45) is 10.1. The highest BCUT2D eigenvalue weighted by molar-refractivity contribution is 9.10. The fraction of sp³-hybridized carbons (Fsp3) is 0.400. The van der Waals surface area contributed by atoms with Crippen molar-refractivity contribution in [1.29, 1.82) is 0 Å². The SMILES string of the molecule is O=C(NCCCn1ccnc1)C1CN([C@@H]2c3ccc(Cl)cc3CCc3cc(Br)cnc32)CCN1. The number of imidazole rings is 1. The average Bonchev–Trinajstić information content (AvgIpc) is 3.31. The van der Waals surface area contributed by atoms with Gasteiger partial charge in [0.15, 0.2) is 0 Å². The van der Waals surface area contributed by atoms with E-state index in [1.165, 1.54) is 16.7 Å². The Morgan fingerprint density at radius 1 is 1.26 bits per heavy atom. The van der Waals surface area contributed by atoms with Crippen LogP contribution in [0.5, 0.6) is 0 Å². The Kier molecular flexibility index (Phi) is 7.29. The molecule has 0 bridgehead atoms. The van der Waals surface area contributed by atoms with Crippen molar-refractivity contribution in [3.8, 4) is 0 Å². The highest BCUT2D eigenvalue weighted by Crippen LogP contribution is 2.37. The van der Waals surface area contributed by atoms with Gasteiger partial charge in [0.05, 0.1) is 24.1 Å². The van der Waals surface area contributed by atoms with E-state index in [4.69, 9.17) is 16.6 Å². The van der Waals surface area contributed by atoms with Crippen molar-refractivity contribution in [2.45, 2.75) is 37.9 Å². The number of hydrogen-bond donors (Lipinski definition) is 2. The Hall–Kier alpha value is -2.26. The van der Waals surface area contributed by atoms with E-state index in [2.05, 4.69) is 54.6 Å². The molecular formula is C25H28BrClN6O. The molecule has 7 nitrogen and oxygen atoms in total. The minimum absolute atomic E-state index is 0.00323. The van der Waals surface area contributed by atoms with Crippen LogP contribution in [0, 0.1) is 0 Å². The maximum atomic E-state index is 13.0. The number of amides is 1. The van der Waals surface area contributed by atoms with E-state index in [0.717, 1.165) is 54.1 Å². The number of piperazine rings is 1. The monoisotopic (exact) mass is 542 g/mol. The van der Waals surface area contributed by atoms with Crippen LogP contribution in [-0.2, 0) is 24.2 Å². The zero-order valence-electron chi connectivity index (χ0n) is 18.9. The van der Waals surface area contributed by atoms with Gasteiger partial charge in [-0.2, -0.15) is 0 Å². The van der Waals surface area contributed by atoms with Gasteiger partial charge in [-0.3, -0.25) is 14.7 Å². The second-order valence-electron chi connectivity index (χ2n) is 8.89. The van der Waals surface area contributed by atoms with Crippen LogP contribution >= 0.6 is 27.5 Å². The van der Waals surface area contributed by atoms with E-state index in [0.29, 0.717) is 13.1 Å². The Labute approximate surface area is 213 Å². The third kappa shape index (κ3) is 5.20. The molecular weight excluding hydrogens is 516 g/mol. The molecule has 1 aliphatic carbocycles. The molecule has 1 fully saturated rings. The largest absolute Gasteiger partial charge is 0.355 e. The molecule has 3 aromatic rings. The van der Waals surface area contributed by atoms with Gasteiger partial charge in [-0.15, -0.1) is 0 Å². The van der Waals surface area contributed by atoms with Crippen LogP contribution in [-0.4, -0.2) is 57.6 Å². The summed E-state index contributed by atoms with van der Waals surface area (Å²) < 4.78 is 3.01. The van der Waals surface area contributed by atoms with Crippen LogP contribution in [0.2, 0.25) is 5.02 Å². The lowest BCUT2D eigenvalue weighted by atomic mass is 9.95. The van der Waals surface area contributed by atoms with Crippen LogP contribution < -0.4 is 10.6 Å². The number of carbonyl (C=O) groups excluding carboxylic acids is 1. The van der Waals surface area contributed by atoms with Crippen molar-refractivity contribution < 1.29 is 4.79 Å². The summed E-state index contributed by atoms with van der Waals surface area (Å²) in [5.41, 5.74) is 4.81. The molecule has 1 aromatic carbocycles. The molecule has 2 N–H and O–H groups in total. The first kappa shape index (κ1) is 23.5. The van der Waals surface area contributed by atoms with Crippen molar-refractivity contribution >= 4 is 33.4 Å². The van der Waals surface area contributed by atoms with Crippen molar-refractivity contribution in [1.82, 2.24) is 30.1 Å². The number of pyridine rings is 1. The number of nitrogens with one attached hydrogen (secondary N) is 2.